The first-order valence-corrected chi connectivity index (χ1v) is 4.80. The van der Waals surface area contributed by atoms with Crippen molar-refractivity contribution in [3.8, 4) is 0 Å². The maximum absolute atomic E-state index is 11.3. The summed E-state index contributed by atoms with van der Waals surface area (Å²) in [5.41, 5.74) is 0.592. The number of hydrogen-bond donors (Lipinski definition) is 0. The molecule has 0 unspecified atom stereocenters. The Morgan fingerprint density at radius 2 is 2.18 bits per heavy atom. The molecule has 6 heteroatoms. The lowest BCUT2D eigenvalue weighted by Gasteiger charge is -1.98. The topological polar surface area (TPSA) is 82.2 Å². The molecule has 0 fully saturated rings. The van der Waals surface area contributed by atoms with Gasteiger partial charge in [0.1, 0.15) is 0 Å². The summed E-state index contributed by atoms with van der Waals surface area (Å²) >= 11 is 0. The van der Waals surface area contributed by atoms with Gasteiger partial charge in [-0.2, -0.15) is 0 Å². The molecule has 0 spiro atoms. The van der Waals surface area contributed by atoms with Crippen molar-refractivity contribution in [3.63, 3.8) is 0 Å². The molecule has 0 radical (unpaired) electrons. The van der Waals surface area contributed by atoms with Gasteiger partial charge in [-0.15, -0.1) is 0 Å². The van der Waals surface area contributed by atoms with Crippen LogP contribution in [0.5, 0.6) is 0 Å². The zero-order valence-electron chi connectivity index (χ0n) is 8.91. The Balaban J connectivity index is 2.82. The van der Waals surface area contributed by atoms with E-state index in [1.165, 1.54) is 35.9 Å². The molecule has 0 aliphatic rings. The summed E-state index contributed by atoms with van der Waals surface area (Å²) in [6.45, 7) is 1.33. The van der Waals surface area contributed by atoms with Crippen LogP contribution in [0.4, 0.5) is 5.69 Å². The molecule has 1 aromatic heterocycles. The standard InChI is InChI=1S/C11H8N2O4/c1-7(15)12-5-8(6-14)10-3-2-9(13(16)17)4-11(10)12/h2-6H,1H3. The predicted octanol–water partition coefficient (Wildman–Crippen LogP) is 2.02. The number of nitrogens with zero attached hydrogens (tertiary/aromatic N) is 2. The van der Waals surface area contributed by atoms with Crippen LogP contribution in [0.15, 0.2) is 24.4 Å². The van der Waals surface area contributed by atoms with Crippen LogP contribution in [-0.2, 0) is 0 Å². The number of benzene rings is 1. The Labute approximate surface area is 95.6 Å². The quantitative estimate of drug-likeness (QED) is 0.450. The van der Waals surface area contributed by atoms with Crippen LogP contribution in [-0.4, -0.2) is 21.7 Å². The number of non-ortho nitro benzene ring substituents is 1. The molecule has 1 aromatic carbocycles. The maximum atomic E-state index is 11.3. The van der Waals surface area contributed by atoms with Crippen LogP contribution in [0, 0.1) is 10.1 Å². The second-order valence-corrected chi connectivity index (χ2v) is 3.55. The molecule has 0 amide bonds. The van der Waals surface area contributed by atoms with Crippen LogP contribution in [0.25, 0.3) is 10.9 Å². The summed E-state index contributed by atoms with van der Waals surface area (Å²) in [5, 5.41) is 11.2. The van der Waals surface area contributed by atoms with E-state index in [4.69, 9.17) is 0 Å². The van der Waals surface area contributed by atoms with Crippen LogP contribution >= 0.6 is 0 Å². The molecule has 0 atom stereocenters. The summed E-state index contributed by atoms with van der Waals surface area (Å²) in [7, 11) is 0. The Kier molecular flexibility index (Phi) is 2.47. The first kappa shape index (κ1) is 11.0. The van der Waals surface area contributed by atoms with Gasteiger partial charge in [-0.25, -0.2) is 0 Å². The van der Waals surface area contributed by atoms with Gasteiger partial charge in [-0.1, -0.05) is 0 Å². The number of fused-ring (bicyclic) bond motifs is 1. The molecule has 0 saturated carbocycles. The van der Waals surface area contributed by atoms with Crippen LogP contribution < -0.4 is 0 Å². The highest BCUT2D eigenvalue weighted by Gasteiger charge is 2.14. The van der Waals surface area contributed by atoms with Gasteiger partial charge in [-0.3, -0.25) is 24.3 Å². The van der Waals surface area contributed by atoms with Gasteiger partial charge in [0.15, 0.2) is 6.29 Å². The fourth-order valence-corrected chi connectivity index (χ4v) is 1.71. The molecule has 0 bridgehead atoms. The normalized spacial score (nSPS) is 10.4. The molecule has 2 aromatic rings. The van der Waals surface area contributed by atoms with Crippen molar-refractivity contribution in [2.24, 2.45) is 0 Å². The van der Waals surface area contributed by atoms with Crippen molar-refractivity contribution in [1.82, 2.24) is 4.57 Å². The molecule has 6 nitrogen and oxygen atoms in total. The van der Waals surface area contributed by atoms with E-state index in [0.717, 1.165) is 0 Å². The minimum absolute atomic E-state index is 0.115. The molecule has 0 aliphatic heterocycles. The summed E-state index contributed by atoms with van der Waals surface area (Å²) in [5.74, 6) is -0.302. The highest BCUT2D eigenvalue weighted by Crippen LogP contribution is 2.24. The van der Waals surface area contributed by atoms with Crippen LogP contribution in [0.3, 0.4) is 0 Å². The van der Waals surface area contributed by atoms with E-state index in [-0.39, 0.29) is 11.6 Å². The summed E-state index contributed by atoms with van der Waals surface area (Å²) < 4.78 is 1.23. The smallest absolute Gasteiger partial charge is 0.271 e. The summed E-state index contributed by atoms with van der Waals surface area (Å²) in [6.07, 6.45) is 2.00. The molecule has 0 saturated heterocycles. The van der Waals surface area contributed by atoms with E-state index in [0.29, 0.717) is 22.8 Å². The third kappa shape index (κ3) is 1.69. The minimum atomic E-state index is -0.544. The molecule has 0 aliphatic carbocycles. The SMILES string of the molecule is CC(=O)n1cc(C=O)c2ccc([N+](=O)[O-])cc21. The number of nitro groups is 1. The fraction of sp³-hybridized carbons (Fsp3) is 0.0909. The molecule has 0 N–H and O–H groups in total. The number of rotatable bonds is 2. The summed E-state index contributed by atoms with van der Waals surface area (Å²) in [4.78, 5) is 32.3. The largest absolute Gasteiger partial charge is 0.298 e. The highest BCUT2D eigenvalue weighted by molar-refractivity contribution is 6.02. The molecular formula is C11H8N2O4. The van der Waals surface area contributed by atoms with Gasteiger partial charge >= 0.3 is 0 Å². The van der Waals surface area contributed by atoms with Crippen molar-refractivity contribution < 1.29 is 14.5 Å². The van der Waals surface area contributed by atoms with Crippen molar-refractivity contribution in [2.45, 2.75) is 6.92 Å². The van der Waals surface area contributed by atoms with Crippen molar-refractivity contribution in [1.29, 1.82) is 0 Å². The third-order valence-corrected chi connectivity index (χ3v) is 2.50. The van der Waals surface area contributed by atoms with E-state index in [9.17, 15) is 19.7 Å². The molecular weight excluding hydrogens is 224 g/mol. The maximum Gasteiger partial charge on any atom is 0.271 e. The minimum Gasteiger partial charge on any atom is -0.298 e. The first-order chi connectivity index (χ1) is 8.04. The van der Waals surface area contributed by atoms with Gasteiger partial charge in [0.2, 0.25) is 5.91 Å². The highest BCUT2D eigenvalue weighted by atomic mass is 16.6. The molecule has 86 valence electrons. The van der Waals surface area contributed by atoms with Gasteiger partial charge in [0, 0.05) is 36.2 Å². The van der Waals surface area contributed by atoms with Gasteiger partial charge in [-0.05, 0) is 6.07 Å². The van der Waals surface area contributed by atoms with E-state index in [2.05, 4.69) is 0 Å². The van der Waals surface area contributed by atoms with E-state index in [1.807, 2.05) is 0 Å². The zero-order chi connectivity index (χ0) is 12.6. The molecule has 2 rings (SSSR count). The predicted molar refractivity (Wildman–Crippen MR) is 60.3 cm³/mol. The Morgan fingerprint density at radius 1 is 1.47 bits per heavy atom. The number of nitro benzene ring substituents is 1. The van der Waals surface area contributed by atoms with E-state index in [1.54, 1.807) is 0 Å². The number of aromatic nitrogens is 1. The second kappa shape index (κ2) is 3.82. The zero-order valence-corrected chi connectivity index (χ0v) is 8.91. The second-order valence-electron chi connectivity index (χ2n) is 3.55. The lowest BCUT2D eigenvalue weighted by molar-refractivity contribution is -0.384. The van der Waals surface area contributed by atoms with Crippen molar-refractivity contribution in [3.05, 3.63) is 40.1 Å². The average molecular weight is 232 g/mol. The number of carbonyl (C=O) groups is 2. The Hall–Kier alpha value is -2.50. The molecule has 1 heterocycles. The van der Waals surface area contributed by atoms with Crippen molar-refractivity contribution >= 4 is 28.8 Å². The third-order valence-electron chi connectivity index (χ3n) is 2.50. The Bertz CT molecular complexity index is 642. The van der Waals surface area contributed by atoms with E-state index >= 15 is 0 Å². The average Bonchev–Trinajstić information content (AvgIpc) is 2.66. The lowest BCUT2D eigenvalue weighted by atomic mass is 10.2. The fourth-order valence-electron chi connectivity index (χ4n) is 1.71. The number of aldehydes is 1. The van der Waals surface area contributed by atoms with Gasteiger partial charge in [0.25, 0.3) is 5.69 Å². The first-order valence-electron chi connectivity index (χ1n) is 4.80. The van der Waals surface area contributed by atoms with Gasteiger partial charge < -0.3 is 0 Å². The Morgan fingerprint density at radius 3 is 2.71 bits per heavy atom. The number of carbonyl (C=O) groups excluding carboxylic acids is 2. The van der Waals surface area contributed by atoms with Crippen molar-refractivity contribution in [2.75, 3.05) is 0 Å². The number of hydrogen-bond acceptors (Lipinski definition) is 4. The van der Waals surface area contributed by atoms with E-state index < -0.39 is 4.92 Å². The monoisotopic (exact) mass is 232 g/mol. The van der Waals surface area contributed by atoms with Crippen LogP contribution in [0.2, 0.25) is 0 Å². The van der Waals surface area contributed by atoms with Gasteiger partial charge in [0.05, 0.1) is 10.4 Å². The van der Waals surface area contributed by atoms with Crippen LogP contribution in [0.1, 0.15) is 22.1 Å². The lowest BCUT2D eigenvalue weighted by Crippen LogP contribution is -2.03. The molecule has 17 heavy (non-hydrogen) atoms. The summed E-state index contributed by atoms with van der Waals surface area (Å²) in [6, 6.07) is 4.06.